The summed E-state index contributed by atoms with van der Waals surface area (Å²) in [5.74, 6) is 3.59. The smallest absolute Gasteiger partial charge is 0.0112 e. The van der Waals surface area contributed by atoms with Gasteiger partial charge in [0.05, 0.1) is 0 Å². The van der Waals surface area contributed by atoms with E-state index in [2.05, 4.69) is 39.8 Å². The molecule has 0 amide bonds. The van der Waals surface area contributed by atoms with Crippen LogP contribution in [0.5, 0.6) is 0 Å². The van der Waals surface area contributed by atoms with E-state index >= 15 is 0 Å². The van der Waals surface area contributed by atoms with Gasteiger partial charge in [-0.1, -0.05) is 39.8 Å². The molecule has 2 rings (SSSR count). The zero-order valence-corrected chi connectivity index (χ0v) is 8.67. The van der Waals surface area contributed by atoms with Gasteiger partial charge in [0, 0.05) is 0 Å². The summed E-state index contributed by atoms with van der Waals surface area (Å²) in [6.07, 6.45) is 6.34. The second-order valence-electron chi connectivity index (χ2n) is 5.34. The molecule has 0 spiro atoms. The molecule has 4 unspecified atom stereocenters. The molecule has 68 valence electrons. The van der Waals surface area contributed by atoms with Crippen LogP contribution in [0.4, 0.5) is 0 Å². The van der Waals surface area contributed by atoms with Crippen LogP contribution in [0.15, 0.2) is 12.2 Å². The fourth-order valence-corrected chi connectivity index (χ4v) is 3.47. The number of rotatable bonds is 1. The van der Waals surface area contributed by atoms with E-state index in [1.54, 1.807) is 0 Å². The maximum absolute atomic E-state index is 2.46. The molecule has 0 nitrogen and oxygen atoms in total. The van der Waals surface area contributed by atoms with Crippen molar-refractivity contribution in [3.63, 3.8) is 0 Å². The Labute approximate surface area is 76.1 Å². The van der Waals surface area contributed by atoms with Crippen LogP contribution in [0, 0.1) is 29.1 Å². The van der Waals surface area contributed by atoms with Crippen molar-refractivity contribution in [3.8, 4) is 0 Å². The Morgan fingerprint density at radius 1 is 1.42 bits per heavy atom. The van der Waals surface area contributed by atoms with E-state index in [0.29, 0.717) is 5.41 Å². The summed E-state index contributed by atoms with van der Waals surface area (Å²) in [7, 11) is 0. The van der Waals surface area contributed by atoms with Crippen molar-refractivity contribution in [3.05, 3.63) is 12.2 Å². The van der Waals surface area contributed by atoms with Gasteiger partial charge in [0.15, 0.2) is 0 Å². The van der Waals surface area contributed by atoms with Gasteiger partial charge in [0.1, 0.15) is 0 Å². The molecule has 1 saturated carbocycles. The Hall–Kier alpha value is -0.260. The topological polar surface area (TPSA) is 0 Å². The minimum atomic E-state index is 0.541. The first-order valence-electron chi connectivity index (χ1n) is 5.24. The molecule has 0 N–H and O–H groups in total. The van der Waals surface area contributed by atoms with Crippen LogP contribution in [0.3, 0.4) is 0 Å². The van der Waals surface area contributed by atoms with Crippen molar-refractivity contribution in [2.75, 3.05) is 0 Å². The van der Waals surface area contributed by atoms with Crippen molar-refractivity contribution in [2.45, 2.75) is 34.1 Å². The molecule has 0 aromatic heterocycles. The van der Waals surface area contributed by atoms with Crippen molar-refractivity contribution < 1.29 is 0 Å². The number of hydrogen-bond donors (Lipinski definition) is 0. The lowest BCUT2D eigenvalue weighted by Gasteiger charge is -2.33. The Balaban J connectivity index is 2.27. The van der Waals surface area contributed by atoms with Crippen molar-refractivity contribution >= 4 is 0 Å². The lowest BCUT2D eigenvalue weighted by Crippen LogP contribution is -2.26. The molecule has 0 radical (unpaired) electrons. The van der Waals surface area contributed by atoms with E-state index in [0.717, 1.165) is 23.7 Å². The largest absolute Gasteiger partial charge is 0.0845 e. The second-order valence-corrected chi connectivity index (χ2v) is 5.34. The first-order valence-corrected chi connectivity index (χ1v) is 5.24. The predicted molar refractivity (Wildman–Crippen MR) is 52.8 cm³/mol. The van der Waals surface area contributed by atoms with Gasteiger partial charge in [0.2, 0.25) is 0 Å². The lowest BCUT2D eigenvalue weighted by atomic mass is 9.72. The predicted octanol–water partition coefficient (Wildman–Crippen LogP) is 3.49. The molecule has 2 aliphatic rings. The molecule has 0 aliphatic heterocycles. The van der Waals surface area contributed by atoms with Crippen LogP contribution in [0.25, 0.3) is 0 Å². The Morgan fingerprint density at radius 3 is 2.42 bits per heavy atom. The molecule has 12 heavy (non-hydrogen) atoms. The summed E-state index contributed by atoms with van der Waals surface area (Å²) in [5.41, 5.74) is 0.541. The Morgan fingerprint density at radius 2 is 2.08 bits per heavy atom. The van der Waals surface area contributed by atoms with Crippen molar-refractivity contribution in [1.29, 1.82) is 0 Å². The molecular weight excluding hydrogens is 144 g/mol. The summed E-state index contributed by atoms with van der Waals surface area (Å²) in [4.78, 5) is 0. The molecule has 0 heteroatoms. The quantitative estimate of drug-likeness (QED) is 0.520. The molecule has 2 aliphatic carbocycles. The van der Waals surface area contributed by atoms with E-state index < -0.39 is 0 Å². The fraction of sp³-hybridized carbons (Fsp3) is 0.833. The first-order chi connectivity index (χ1) is 5.54. The van der Waals surface area contributed by atoms with Crippen LogP contribution in [-0.2, 0) is 0 Å². The molecule has 0 saturated heterocycles. The zero-order chi connectivity index (χ0) is 8.93. The van der Waals surface area contributed by atoms with Gasteiger partial charge in [-0.3, -0.25) is 0 Å². The molecule has 0 aromatic carbocycles. The van der Waals surface area contributed by atoms with Gasteiger partial charge >= 0.3 is 0 Å². The summed E-state index contributed by atoms with van der Waals surface area (Å²) in [5, 5.41) is 0. The third-order valence-electron chi connectivity index (χ3n) is 4.28. The van der Waals surface area contributed by atoms with Crippen LogP contribution >= 0.6 is 0 Å². The van der Waals surface area contributed by atoms with Gasteiger partial charge in [-0.15, -0.1) is 0 Å². The van der Waals surface area contributed by atoms with E-state index in [9.17, 15) is 0 Å². The van der Waals surface area contributed by atoms with Crippen molar-refractivity contribution in [2.24, 2.45) is 29.1 Å². The highest BCUT2D eigenvalue weighted by Gasteiger charge is 2.50. The summed E-state index contributed by atoms with van der Waals surface area (Å²) >= 11 is 0. The van der Waals surface area contributed by atoms with Crippen LogP contribution < -0.4 is 0 Å². The highest BCUT2D eigenvalue weighted by Crippen LogP contribution is 2.57. The molecule has 4 atom stereocenters. The van der Waals surface area contributed by atoms with Gasteiger partial charge < -0.3 is 0 Å². The highest BCUT2D eigenvalue weighted by molar-refractivity contribution is 5.19. The summed E-state index contributed by atoms with van der Waals surface area (Å²) in [6.45, 7) is 9.61. The molecule has 0 heterocycles. The second kappa shape index (κ2) is 2.37. The normalized spacial score (nSPS) is 50.9. The third-order valence-corrected chi connectivity index (χ3v) is 4.28. The van der Waals surface area contributed by atoms with Crippen LogP contribution in [-0.4, -0.2) is 0 Å². The Bertz CT molecular complexity index is 214. The van der Waals surface area contributed by atoms with E-state index in [-0.39, 0.29) is 0 Å². The Kier molecular flexibility index (Phi) is 1.65. The molecule has 1 fully saturated rings. The maximum Gasteiger partial charge on any atom is -0.0112 e. The maximum atomic E-state index is 2.46. The molecular formula is C12H20. The van der Waals surface area contributed by atoms with Gasteiger partial charge in [0.25, 0.3) is 0 Å². The zero-order valence-electron chi connectivity index (χ0n) is 8.67. The number of hydrogen-bond acceptors (Lipinski definition) is 0. The lowest BCUT2D eigenvalue weighted by molar-refractivity contribution is 0.209. The summed E-state index contributed by atoms with van der Waals surface area (Å²) in [6, 6.07) is 0. The van der Waals surface area contributed by atoms with Crippen LogP contribution in [0.1, 0.15) is 34.1 Å². The van der Waals surface area contributed by atoms with Crippen molar-refractivity contribution in [1.82, 2.24) is 0 Å². The number of allylic oxidation sites excluding steroid dienone is 2. The van der Waals surface area contributed by atoms with Gasteiger partial charge in [-0.05, 0) is 35.5 Å². The summed E-state index contributed by atoms with van der Waals surface area (Å²) < 4.78 is 0. The fourth-order valence-electron chi connectivity index (χ4n) is 3.47. The minimum Gasteiger partial charge on any atom is -0.0845 e. The number of fused-ring (bicyclic) bond motifs is 2. The van der Waals surface area contributed by atoms with Gasteiger partial charge in [-0.2, -0.15) is 0 Å². The first kappa shape index (κ1) is 8.34. The average molecular weight is 164 g/mol. The standard InChI is InChI=1S/C12H20/c1-8(2)11-9(3)12(4)6-5-10(11)7-12/h5-6,8-11H,7H2,1-4H3. The molecule has 2 bridgehead atoms. The van der Waals surface area contributed by atoms with E-state index in [1.165, 1.54) is 6.42 Å². The third kappa shape index (κ3) is 0.901. The monoisotopic (exact) mass is 164 g/mol. The SMILES string of the molecule is CC(C)C1C2C=CC(C)(C2)C1C. The van der Waals surface area contributed by atoms with E-state index in [1.807, 2.05) is 0 Å². The minimum absolute atomic E-state index is 0.541. The van der Waals surface area contributed by atoms with Crippen LogP contribution in [0.2, 0.25) is 0 Å². The molecule has 0 aromatic rings. The van der Waals surface area contributed by atoms with Gasteiger partial charge in [-0.25, -0.2) is 0 Å². The van der Waals surface area contributed by atoms with E-state index in [4.69, 9.17) is 0 Å². The average Bonchev–Trinajstić information content (AvgIpc) is 2.41. The highest BCUT2D eigenvalue weighted by atomic mass is 14.5.